The molecule has 0 radical (unpaired) electrons. The van der Waals surface area contributed by atoms with Gasteiger partial charge in [-0.3, -0.25) is 0 Å². The summed E-state index contributed by atoms with van der Waals surface area (Å²) >= 11 is 1.83. The lowest BCUT2D eigenvalue weighted by Gasteiger charge is -2.12. The first-order valence-electron chi connectivity index (χ1n) is 46.4. The molecule has 0 N–H and O–H groups in total. The van der Waals surface area contributed by atoms with Crippen molar-refractivity contribution in [2.24, 2.45) is 0 Å². The van der Waals surface area contributed by atoms with E-state index in [0.29, 0.717) is 52.4 Å². The van der Waals surface area contributed by atoms with Gasteiger partial charge in [-0.05, 0) is 154 Å². The van der Waals surface area contributed by atoms with Crippen LogP contribution in [0.15, 0.2) is 488 Å². The van der Waals surface area contributed by atoms with Crippen LogP contribution in [-0.2, 0) is 0 Å². The van der Waals surface area contributed by atoms with Crippen LogP contribution in [0.25, 0.3) is 265 Å². The van der Waals surface area contributed by atoms with Crippen molar-refractivity contribution in [3.05, 3.63) is 479 Å². The van der Waals surface area contributed by atoms with Gasteiger partial charge < -0.3 is 8.83 Å². The van der Waals surface area contributed by atoms with Crippen molar-refractivity contribution < 1.29 is 8.83 Å². The first kappa shape index (κ1) is 82.4. The Labute approximate surface area is 803 Å². The largest absolute Gasteiger partial charge is 0.456 e. The van der Waals surface area contributed by atoms with Gasteiger partial charge in [0.05, 0.1) is 0 Å². The molecule has 0 aliphatic rings. The van der Waals surface area contributed by atoms with Crippen LogP contribution >= 0.6 is 11.3 Å². The fourth-order valence-electron chi connectivity index (χ4n) is 19.0. The lowest BCUT2D eigenvalue weighted by Crippen LogP contribution is -2.00. The molecule has 6 heterocycles. The molecule has 0 aliphatic heterocycles. The van der Waals surface area contributed by atoms with E-state index in [1.54, 1.807) is 0 Å². The van der Waals surface area contributed by atoms with E-state index in [4.69, 9.17) is 53.7 Å². The quantitative estimate of drug-likeness (QED) is 0.103. The molecule has 0 aliphatic carbocycles. The highest BCUT2D eigenvalue weighted by molar-refractivity contribution is 7.26. The predicted molar refractivity (Wildman–Crippen MR) is 573 cm³/mol. The zero-order chi connectivity index (χ0) is 92.1. The molecule has 0 fully saturated rings. The molecule has 0 amide bonds. The molecule has 139 heavy (non-hydrogen) atoms. The topological polar surface area (TPSA) is 142 Å². The lowest BCUT2D eigenvalue weighted by atomic mass is 9.97. The third-order valence-electron chi connectivity index (χ3n) is 26.0. The van der Waals surface area contributed by atoms with Crippen LogP contribution in [0.4, 0.5) is 0 Å². The van der Waals surface area contributed by atoms with E-state index in [0.717, 1.165) is 133 Å². The van der Waals surface area contributed by atoms with Crippen molar-refractivity contribution in [3.8, 4) is 158 Å². The Balaban J connectivity index is 0.000000110. The molecule has 0 atom stereocenters. The number of hydrogen-bond acceptors (Lipinski definition) is 12. The van der Waals surface area contributed by atoms with E-state index in [-0.39, 0.29) is 0 Å². The maximum Gasteiger partial charge on any atom is 0.164 e. The molecule has 0 saturated carbocycles. The zero-order valence-electron chi connectivity index (χ0n) is 74.9. The summed E-state index contributed by atoms with van der Waals surface area (Å²) in [4.78, 5) is 45.4. The molecule has 12 heteroatoms. The molecule has 27 rings (SSSR count). The number of nitrogens with zero attached hydrogens (tertiary/aromatic N) is 9. The minimum atomic E-state index is 0.593. The van der Waals surface area contributed by atoms with Gasteiger partial charge in [-0.1, -0.05) is 419 Å². The minimum Gasteiger partial charge on any atom is -0.456 e. The standard InChI is InChI=1S/2C43H27N3O.C41H25N3S/c1-2-10-28(11-3-1)32-14-8-15-33(26-32)42-44-41(31-22-20-30(21-23-31)36-18-9-13-29-12-4-5-16-35(29)36)45-43(46-42)34-24-25-38-37-17-6-7-19-39(37)47-40(38)27-34;1-2-9-28(10-3-1)33-13-8-14-35(26-33)42-44-41(31-20-17-30(18-21-31)34-22-19-29-11-4-5-12-32(29)25-34)45-43(46-42)36-23-24-38-37-15-6-7-16-39(37)47-40(38)27-36;1-2-11-29(12-3-1)39-42-40(30-22-20-27(21-23-30)32-17-8-13-26-10-4-5-15-31(26)32)44-41(43-39)35-18-9-14-28-24-25-34-33-16-6-7-19-36(33)45-38(34)37(28)35/h2*1-27H;1-25H. The van der Waals surface area contributed by atoms with Crippen molar-refractivity contribution in [1.29, 1.82) is 0 Å². The summed E-state index contributed by atoms with van der Waals surface area (Å²) in [5, 5.41) is 16.6. The molecular weight excluding hydrogens is 1720 g/mol. The Bertz CT molecular complexity index is 9380. The highest BCUT2D eigenvalue weighted by Gasteiger charge is 2.23. The van der Waals surface area contributed by atoms with E-state index >= 15 is 0 Å². The predicted octanol–water partition coefficient (Wildman–Crippen LogP) is 33.7. The molecule has 27 aromatic rings. The minimum absolute atomic E-state index is 0.593. The van der Waals surface area contributed by atoms with E-state index in [1.807, 2.05) is 90.2 Å². The highest BCUT2D eigenvalue weighted by Crippen LogP contribution is 2.45. The summed E-state index contributed by atoms with van der Waals surface area (Å²) in [6.07, 6.45) is 0. The maximum absolute atomic E-state index is 6.22. The van der Waals surface area contributed by atoms with Crippen molar-refractivity contribution in [2.45, 2.75) is 0 Å². The Morgan fingerprint density at radius 3 is 0.921 bits per heavy atom. The molecule has 11 nitrogen and oxygen atoms in total. The number of benzene rings is 21. The van der Waals surface area contributed by atoms with Gasteiger partial charge in [0.25, 0.3) is 0 Å². The summed E-state index contributed by atoms with van der Waals surface area (Å²) in [5.74, 6) is 5.64. The first-order chi connectivity index (χ1) is 68.8. The highest BCUT2D eigenvalue weighted by atomic mass is 32.1. The number of thiophene rings is 1. The van der Waals surface area contributed by atoms with Crippen LogP contribution in [0, 0.1) is 0 Å². The SMILES string of the molecule is c1ccc(-c2cccc(-c3nc(-c4ccc(-c5ccc6ccccc6c5)cc4)nc(-c4ccc5c(c4)oc4ccccc45)n3)c2)cc1.c1ccc(-c2cccc(-c3nc(-c4ccc(-c5cccc6ccccc56)cc4)nc(-c4ccc5c(c4)oc4ccccc45)n3)c2)cc1.c1ccc(-c2nc(-c3ccc(-c4cccc5ccccc45)cc3)nc(-c3cccc4ccc5c6ccccc6sc5c34)n2)cc1. The van der Waals surface area contributed by atoms with Gasteiger partial charge in [0.2, 0.25) is 0 Å². The average Bonchev–Trinajstić information content (AvgIpc) is 1.58. The van der Waals surface area contributed by atoms with E-state index in [9.17, 15) is 0 Å². The molecule has 0 spiro atoms. The fraction of sp³-hybridized carbons (Fsp3) is 0. The van der Waals surface area contributed by atoms with Crippen LogP contribution in [0.3, 0.4) is 0 Å². The lowest BCUT2D eigenvalue weighted by molar-refractivity contribution is 0.668. The third kappa shape index (κ3) is 16.2. The summed E-state index contributed by atoms with van der Waals surface area (Å²) in [6.45, 7) is 0. The Morgan fingerprint density at radius 2 is 0.432 bits per heavy atom. The monoisotopic (exact) mass is 1790 g/mol. The number of rotatable bonds is 14. The van der Waals surface area contributed by atoms with Gasteiger partial charge >= 0.3 is 0 Å². The number of para-hydroxylation sites is 2. The van der Waals surface area contributed by atoms with Gasteiger partial charge in [0, 0.05) is 97.2 Å². The van der Waals surface area contributed by atoms with Crippen molar-refractivity contribution in [1.82, 2.24) is 44.9 Å². The summed E-state index contributed by atoms with van der Waals surface area (Å²) in [7, 11) is 0. The third-order valence-corrected chi connectivity index (χ3v) is 27.2. The second kappa shape index (κ2) is 35.8. The molecule has 21 aromatic carbocycles. The molecule has 6 aromatic heterocycles. The smallest absolute Gasteiger partial charge is 0.164 e. The van der Waals surface area contributed by atoms with Crippen molar-refractivity contribution in [3.63, 3.8) is 0 Å². The van der Waals surface area contributed by atoms with Crippen LogP contribution in [0.5, 0.6) is 0 Å². The first-order valence-corrected chi connectivity index (χ1v) is 47.2. The number of aromatic nitrogens is 9. The second-order valence-corrected chi connectivity index (χ2v) is 35.6. The van der Waals surface area contributed by atoms with Gasteiger partial charge in [-0.15, -0.1) is 11.3 Å². The Morgan fingerprint density at radius 1 is 0.144 bits per heavy atom. The van der Waals surface area contributed by atoms with E-state index in [2.05, 4.69) is 400 Å². The van der Waals surface area contributed by atoms with Gasteiger partial charge in [0.15, 0.2) is 52.4 Å². The van der Waals surface area contributed by atoms with E-state index < -0.39 is 0 Å². The van der Waals surface area contributed by atoms with Crippen LogP contribution < -0.4 is 0 Å². The summed E-state index contributed by atoms with van der Waals surface area (Å²) < 4.78 is 15.0. The van der Waals surface area contributed by atoms with Gasteiger partial charge in [-0.2, -0.15) is 0 Å². The average molecular weight is 1800 g/mol. The Hall–Kier alpha value is -18.5. The number of furan rings is 2. The normalized spacial score (nSPS) is 11.5. The van der Waals surface area contributed by atoms with Crippen LogP contribution in [-0.4, -0.2) is 44.9 Å². The summed E-state index contributed by atoms with van der Waals surface area (Å²) in [5.41, 5.74) is 23.2. The summed E-state index contributed by atoms with van der Waals surface area (Å²) in [6, 6.07) is 166. The molecule has 650 valence electrons. The maximum atomic E-state index is 6.22. The molecular formula is C127H79N9O2S. The zero-order valence-corrected chi connectivity index (χ0v) is 75.7. The fourth-order valence-corrected chi connectivity index (χ4v) is 20.3. The number of fused-ring (bicyclic) bond motifs is 14. The van der Waals surface area contributed by atoms with Crippen molar-refractivity contribution >= 4 is 118 Å². The molecule has 0 saturated heterocycles. The molecule has 0 bridgehead atoms. The molecule has 0 unspecified atom stereocenters. The van der Waals surface area contributed by atoms with Gasteiger partial charge in [0.1, 0.15) is 22.3 Å². The van der Waals surface area contributed by atoms with Gasteiger partial charge in [-0.25, -0.2) is 44.9 Å². The second-order valence-electron chi connectivity index (χ2n) is 34.6. The Kier molecular flexibility index (Phi) is 21.2. The van der Waals surface area contributed by atoms with Crippen molar-refractivity contribution in [2.75, 3.05) is 0 Å². The number of hydrogen-bond donors (Lipinski definition) is 0. The van der Waals surface area contributed by atoms with Crippen LogP contribution in [0.2, 0.25) is 0 Å². The van der Waals surface area contributed by atoms with Crippen LogP contribution in [0.1, 0.15) is 0 Å². The van der Waals surface area contributed by atoms with E-state index in [1.165, 1.54) is 80.0 Å².